The zero-order valence-corrected chi connectivity index (χ0v) is 3.94. The van der Waals surface area contributed by atoms with E-state index < -0.39 is 0 Å². The van der Waals surface area contributed by atoms with Crippen LogP contribution >= 0.6 is 0 Å². The van der Waals surface area contributed by atoms with Crippen LogP contribution in [0.25, 0.3) is 0 Å². The maximum atomic E-state index is 8.11. The van der Waals surface area contributed by atoms with Crippen molar-refractivity contribution < 1.29 is 5.11 Å². The van der Waals surface area contributed by atoms with E-state index in [1.54, 1.807) is 6.54 Å². The fourth-order valence-corrected chi connectivity index (χ4v) is 0.209. The van der Waals surface area contributed by atoms with E-state index in [4.69, 9.17) is 5.11 Å². The van der Waals surface area contributed by atoms with Gasteiger partial charge in [-0.25, -0.2) is 0 Å². The van der Waals surface area contributed by atoms with Gasteiger partial charge in [0.2, 0.25) is 0 Å². The van der Waals surface area contributed by atoms with E-state index >= 15 is 0 Å². The Hall–Kier alpha value is -0.0800. The van der Waals surface area contributed by atoms with Crippen LogP contribution < -0.4 is 5.32 Å². The normalized spacial score (nSPS) is 9.00. The van der Waals surface area contributed by atoms with Gasteiger partial charge >= 0.3 is 0 Å². The fourth-order valence-electron chi connectivity index (χ4n) is 0.209. The van der Waals surface area contributed by atoms with E-state index in [1.165, 1.54) is 0 Å². The molecule has 0 fully saturated rings. The standard InChI is InChI=1S/C4H10NO/c1-2-5-3-4-6/h2,5-6H,3-4H2,1H3. The first-order chi connectivity index (χ1) is 2.91. The zero-order valence-electron chi connectivity index (χ0n) is 3.94. The average molecular weight is 88.1 g/mol. The van der Waals surface area contributed by atoms with Gasteiger partial charge in [-0.1, -0.05) is 0 Å². The first-order valence-corrected chi connectivity index (χ1v) is 2.04. The van der Waals surface area contributed by atoms with E-state index in [-0.39, 0.29) is 6.61 Å². The summed E-state index contributed by atoms with van der Waals surface area (Å²) in [7, 11) is 0. The number of rotatable bonds is 3. The van der Waals surface area contributed by atoms with Gasteiger partial charge in [-0.2, -0.15) is 0 Å². The van der Waals surface area contributed by atoms with Gasteiger partial charge in [0.05, 0.1) is 6.61 Å². The fraction of sp³-hybridized carbons (Fsp3) is 0.750. The molecule has 0 aliphatic rings. The Labute approximate surface area is 38.2 Å². The highest BCUT2D eigenvalue weighted by Crippen LogP contribution is 1.58. The number of hydrogen-bond acceptors (Lipinski definition) is 2. The predicted molar refractivity (Wildman–Crippen MR) is 25.1 cm³/mol. The quantitative estimate of drug-likeness (QED) is 0.466. The molecule has 0 bridgehead atoms. The van der Waals surface area contributed by atoms with Gasteiger partial charge in [0, 0.05) is 13.1 Å². The minimum absolute atomic E-state index is 0.213. The summed E-state index contributed by atoms with van der Waals surface area (Å²) in [5, 5.41) is 10.9. The summed E-state index contributed by atoms with van der Waals surface area (Å²) < 4.78 is 0. The lowest BCUT2D eigenvalue weighted by Crippen LogP contribution is -2.12. The Bertz CT molecular complexity index is 19.5. The third kappa shape index (κ3) is 3.92. The first kappa shape index (κ1) is 5.92. The van der Waals surface area contributed by atoms with Crippen molar-refractivity contribution in [3.8, 4) is 0 Å². The van der Waals surface area contributed by atoms with Gasteiger partial charge in [-0.05, 0) is 6.92 Å². The highest BCUT2D eigenvalue weighted by Gasteiger charge is 1.72. The van der Waals surface area contributed by atoms with E-state index in [0.717, 1.165) is 0 Å². The van der Waals surface area contributed by atoms with Crippen LogP contribution in [-0.4, -0.2) is 18.3 Å². The second kappa shape index (κ2) is 4.92. The van der Waals surface area contributed by atoms with Crippen molar-refractivity contribution in [1.29, 1.82) is 0 Å². The molecule has 0 aromatic carbocycles. The Morgan fingerprint density at radius 1 is 1.83 bits per heavy atom. The molecule has 0 amide bonds. The van der Waals surface area contributed by atoms with Gasteiger partial charge in [0.1, 0.15) is 0 Å². The highest BCUT2D eigenvalue weighted by molar-refractivity contribution is 4.49. The average Bonchev–Trinajstić information content (AvgIpc) is 1.61. The molecule has 2 N–H and O–H groups in total. The molecule has 0 saturated heterocycles. The summed E-state index contributed by atoms with van der Waals surface area (Å²) in [6.07, 6.45) is 0. The summed E-state index contributed by atoms with van der Waals surface area (Å²) in [5.74, 6) is 0. The van der Waals surface area contributed by atoms with Crippen molar-refractivity contribution in [2.45, 2.75) is 6.92 Å². The van der Waals surface area contributed by atoms with Gasteiger partial charge in [0.15, 0.2) is 0 Å². The van der Waals surface area contributed by atoms with Gasteiger partial charge in [-0.15, -0.1) is 0 Å². The summed E-state index contributed by atoms with van der Waals surface area (Å²) in [6, 6.07) is 0. The molecule has 0 saturated carbocycles. The first-order valence-electron chi connectivity index (χ1n) is 2.04. The van der Waals surface area contributed by atoms with Crippen LogP contribution in [0.3, 0.4) is 0 Å². The molecule has 2 heteroatoms. The number of hydrogen-bond donors (Lipinski definition) is 2. The summed E-state index contributed by atoms with van der Waals surface area (Å²) in [4.78, 5) is 0. The molecule has 6 heavy (non-hydrogen) atoms. The van der Waals surface area contributed by atoms with Crippen LogP contribution in [0.4, 0.5) is 0 Å². The number of aliphatic hydroxyl groups excluding tert-OH is 1. The molecular formula is C4H10NO. The molecular weight excluding hydrogens is 78.0 g/mol. The second-order valence-corrected chi connectivity index (χ2v) is 0.966. The molecule has 0 aliphatic carbocycles. The SMILES string of the molecule is C[CH]NCCO. The molecule has 0 heterocycles. The van der Waals surface area contributed by atoms with Crippen molar-refractivity contribution in [3.05, 3.63) is 6.54 Å². The molecule has 0 aliphatic heterocycles. The van der Waals surface area contributed by atoms with E-state index in [0.29, 0.717) is 6.54 Å². The van der Waals surface area contributed by atoms with Crippen LogP contribution in [0.5, 0.6) is 0 Å². The highest BCUT2D eigenvalue weighted by atomic mass is 16.3. The Kier molecular flexibility index (Phi) is 4.85. The number of nitrogens with one attached hydrogen (secondary N) is 1. The predicted octanol–water partition coefficient (Wildman–Crippen LogP) is -0.250. The second-order valence-electron chi connectivity index (χ2n) is 0.966. The van der Waals surface area contributed by atoms with Crippen LogP contribution in [0.1, 0.15) is 6.92 Å². The Morgan fingerprint density at radius 3 is 2.67 bits per heavy atom. The maximum Gasteiger partial charge on any atom is 0.0556 e. The van der Waals surface area contributed by atoms with Gasteiger partial charge < -0.3 is 10.4 Å². The lowest BCUT2D eigenvalue weighted by Gasteiger charge is -1.90. The van der Waals surface area contributed by atoms with Crippen molar-refractivity contribution in [2.24, 2.45) is 0 Å². The molecule has 0 rings (SSSR count). The summed E-state index contributed by atoms with van der Waals surface area (Å²) in [6.45, 7) is 4.56. The minimum Gasteiger partial charge on any atom is -0.395 e. The molecule has 1 radical (unpaired) electrons. The van der Waals surface area contributed by atoms with Crippen LogP contribution in [0.2, 0.25) is 0 Å². The minimum atomic E-state index is 0.213. The molecule has 0 aromatic rings. The van der Waals surface area contributed by atoms with E-state index in [9.17, 15) is 0 Å². The summed E-state index contributed by atoms with van der Waals surface area (Å²) in [5.41, 5.74) is 0. The Morgan fingerprint density at radius 2 is 2.50 bits per heavy atom. The third-order valence-electron chi connectivity index (χ3n) is 0.460. The van der Waals surface area contributed by atoms with Crippen LogP contribution in [0.15, 0.2) is 0 Å². The zero-order chi connectivity index (χ0) is 4.83. The molecule has 0 aromatic heterocycles. The lowest BCUT2D eigenvalue weighted by molar-refractivity contribution is 0.296. The van der Waals surface area contributed by atoms with Crippen molar-refractivity contribution in [2.75, 3.05) is 13.2 Å². The van der Waals surface area contributed by atoms with E-state index in [1.807, 2.05) is 6.92 Å². The topological polar surface area (TPSA) is 32.3 Å². The smallest absolute Gasteiger partial charge is 0.0556 e. The largest absolute Gasteiger partial charge is 0.395 e. The van der Waals surface area contributed by atoms with Gasteiger partial charge in [0.25, 0.3) is 0 Å². The van der Waals surface area contributed by atoms with Crippen molar-refractivity contribution in [3.63, 3.8) is 0 Å². The molecule has 37 valence electrons. The maximum absolute atomic E-state index is 8.11. The van der Waals surface area contributed by atoms with Crippen LogP contribution in [-0.2, 0) is 0 Å². The molecule has 0 spiro atoms. The number of aliphatic hydroxyl groups is 1. The van der Waals surface area contributed by atoms with E-state index in [2.05, 4.69) is 5.32 Å². The molecule has 2 nitrogen and oxygen atoms in total. The third-order valence-corrected chi connectivity index (χ3v) is 0.460. The lowest BCUT2D eigenvalue weighted by atomic mass is 10.6. The van der Waals surface area contributed by atoms with Crippen molar-refractivity contribution in [1.82, 2.24) is 5.32 Å². The molecule has 0 atom stereocenters. The van der Waals surface area contributed by atoms with Crippen molar-refractivity contribution >= 4 is 0 Å². The molecule has 0 unspecified atom stereocenters. The van der Waals surface area contributed by atoms with Gasteiger partial charge in [-0.3, -0.25) is 0 Å². The summed E-state index contributed by atoms with van der Waals surface area (Å²) >= 11 is 0. The Balaban J connectivity index is 2.34. The van der Waals surface area contributed by atoms with Crippen LogP contribution in [0, 0.1) is 6.54 Å². The monoisotopic (exact) mass is 88.1 g/mol.